The number of nitrogens with two attached hydrogens (primary N) is 1. The second-order valence-electron chi connectivity index (χ2n) is 6.84. The van der Waals surface area contributed by atoms with Gasteiger partial charge in [0.2, 0.25) is 11.8 Å². The number of carbonyl (C=O) groups is 3. The SMILES string of the molecule is CCOC(=O)CN1C(=O)CCc2cc(N3CCOc4ncnc(N)c4C3=O)ccc21. The smallest absolute Gasteiger partial charge is 0.326 e. The Morgan fingerprint density at radius 3 is 2.90 bits per heavy atom. The zero-order valence-electron chi connectivity index (χ0n) is 16.5. The summed E-state index contributed by atoms with van der Waals surface area (Å²) in [6, 6.07) is 5.33. The third-order valence-corrected chi connectivity index (χ3v) is 5.02. The van der Waals surface area contributed by atoms with E-state index < -0.39 is 5.97 Å². The summed E-state index contributed by atoms with van der Waals surface area (Å²) in [5, 5.41) is 0. The van der Waals surface area contributed by atoms with Crippen LogP contribution in [0.3, 0.4) is 0 Å². The molecule has 3 heterocycles. The maximum Gasteiger partial charge on any atom is 0.326 e. The molecule has 2 aliphatic heterocycles. The van der Waals surface area contributed by atoms with Gasteiger partial charge in [-0.2, -0.15) is 0 Å². The lowest BCUT2D eigenvalue weighted by Crippen LogP contribution is -2.40. The molecule has 2 amide bonds. The highest BCUT2D eigenvalue weighted by atomic mass is 16.5. The molecule has 0 radical (unpaired) electrons. The number of hydrogen-bond donors (Lipinski definition) is 1. The maximum atomic E-state index is 13.1. The lowest BCUT2D eigenvalue weighted by Gasteiger charge is -2.30. The third-order valence-electron chi connectivity index (χ3n) is 5.02. The zero-order chi connectivity index (χ0) is 21.3. The molecule has 0 saturated heterocycles. The molecular formula is C20H21N5O5. The number of anilines is 3. The van der Waals surface area contributed by atoms with Crippen LogP contribution in [0.1, 0.15) is 29.3 Å². The minimum absolute atomic E-state index is 0.0565. The predicted molar refractivity (Wildman–Crippen MR) is 107 cm³/mol. The molecule has 0 atom stereocenters. The van der Waals surface area contributed by atoms with E-state index in [0.29, 0.717) is 24.3 Å². The average Bonchev–Trinajstić information content (AvgIpc) is 2.89. The second kappa shape index (κ2) is 7.97. The van der Waals surface area contributed by atoms with Crippen molar-refractivity contribution in [3.8, 4) is 5.88 Å². The highest BCUT2D eigenvalue weighted by Gasteiger charge is 2.31. The first-order valence-electron chi connectivity index (χ1n) is 9.63. The van der Waals surface area contributed by atoms with E-state index in [-0.39, 0.29) is 55.3 Å². The molecule has 1 aromatic carbocycles. The first-order chi connectivity index (χ1) is 14.5. The van der Waals surface area contributed by atoms with Crippen LogP contribution in [-0.2, 0) is 20.7 Å². The van der Waals surface area contributed by atoms with Crippen molar-refractivity contribution < 1.29 is 23.9 Å². The highest BCUT2D eigenvalue weighted by molar-refractivity contribution is 6.11. The van der Waals surface area contributed by atoms with Crippen LogP contribution in [-0.4, -0.2) is 54.1 Å². The van der Waals surface area contributed by atoms with Gasteiger partial charge in [0.15, 0.2) is 0 Å². The zero-order valence-corrected chi connectivity index (χ0v) is 16.5. The summed E-state index contributed by atoms with van der Waals surface area (Å²) in [5.41, 5.74) is 8.17. The molecule has 0 bridgehead atoms. The van der Waals surface area contributed by atoms with Gasteiger partial charge in [-0.3, -0.25) is 14.4 Å². The fourth-order valence-corrected chi connectivity index (χ4v) is 3.63. The number of hydrogen-bond acceptors (Lipinski definition) is 8. The summed E-state index contributed by atoms with van der Waals surface area (Å²) in [4.78, 5) is 48.3. The molecule has 4 rings (SSSR count). The molecule has 156 valence electrons. The van der Waals surface area contributed by atoms with Crippen LogP contribution in [0.15, 0.2) is 24.5 Å². The van der Waals surface area contributed by atoms with Gasteiger partial charge in [0.05, 0.1) is 13.2 Å². The summed E-state index contributed by atoms with van der Waals surface area (Å²) in [6.07, 6.45) is 2.05. The molecule has 0 spiro atoms. The number of fused-ring (bicyclic) bond motifs is 2. The number of nitrogens with zero attached hydrogens (tertiary/aromatic N) is 4. The average molecular weight is 411 g/mol. The predicted octanol–water partition coefficient (Wildman–Crippen LogP) is 0.940. The van der Waals surface area contributed by atoms with Gasteiger partial charge in [-0.05, 0) is 37.1 Å². The molecule has 0 saturated carbocycles. The van der Waals surface area contributed by atoms with Gasteiger partial charge >= 0.3 is 5.97 Å². The van der Waals surface area contributed by atoms with Gasteiger partial charge in [-0.25, -0.2) is 9.97 Å². The molecule has 1 aromatic heterocycles. The van der Waals surface area contributed by atoms with Crippen molar-refractivity contribution >= 4 is 35.0 Å². The Hall–Kier alpha value is -3.69. The summed E-state index contributed by atoms with van der Waals surface area (Å²) in [5.74, 6) is -0.729. The number of benzene rings is 1. The maximum absolute atomic E-state index is 13.1. The van der Waals surface area contributed by atoms with Crippen molar-refractivity contribution in [1.82, 2.24) is 9.97 Å². The van der Waals surface area contributed by atoms with Crippen molar-refractivity contribution in [1.29, 1.82) is 0 Å². The molecule has 0 aliphatic carbocycles. The molecule has 0 fully saturated rings. The Labute approximate surface area is 172 Å². The number of aryl methyl sites for hydroxylation is 1. The lowest BCUT2D eigenvalue weighted by molar-refractivity contribution is -0.142. The molecule has 30 heavy (non-hydrogen) atoms. The van der Waals surface area contributed by atoms with E-state index in [1.807, 2.05) is 6.07 Å². The van der Waals surface area contributed by atoms with E-state index in [4.69, 9.17) is 15.2 Å². The van der Waals surface area contributed by atoms with E-state index >= 15 is 0 Å². The normalized spacial score (nSPS) is 15.8. The Morgan fingerprint density at radius 1 is 1.27 bits per heavy atom. The minimum atomic E-state index is -0.463. The first kappa shape index (κ1) is 19.6. The van der Waals surface area contributed by atoms with Crippen LogP contribution < -0.4 is 20.3 Å². The number of nitrogen functional groups attached to an aromatic ring is 1. The first-order valence-corrected chi connectivity index (χ1v) is 9.63. The van der Waals surface area contributed by atoms with Gasteiger partial charge in [-0.1, -0.05) is 0 Å². The van der Waals surface area contributed by atoms with Crippen molar-refractivity contribution in [2.75, 3.05) is 41.8 Å². The fraction of sp³-hybridized carbons (Fsp3) is 0.350. The van der Waals surface area contributed by atoms with Crippen molar-refractivity contribution in [2.24, 2.45) is 0 Å². The number of esters is 1. The van der Waals surface area contributed by atoms with E-state index in [0.717, 1.165) is 5.56 Å². The number of aromatic nitrogens is 2. The molecule has 2 aromatic rings. The topological polar surface area (TPSA) is 128 Å². The van der Waals surface area contributed by atoms with Crippen LogP contribution in [0.2, 0.25) is 0 Å². The van der Waals surface area contributed by atoms with E-state index in [1.165, 1.54) is 11.2 Å². The Balaban J connectivity index is 1.66. The van der Waals surface area contributed by atoms with E-state index in [1.54, 1.807) is 24.0 Å². The van der Waals surface area contributed by atoms with E-state index in [2.05, 4.69) is 9.97 Å². The van der Waals surface area contributed by atoms with Crippen LogP contribution >= 0.6 is 0 Å². The van der Waals surface area contributed by atoms with Crippen molar-refractivity contribution in [2.45, 2.75) is 19.8 Å². The standard InChI is InChI=1S/C20H21N5O5/c1-2-29-16(27)10-25-14-5-4-13(9-12(14)3-6-15(25)26)24-7-8-30-19-17(20(24)28)18(21)22-11-23-19/h4-5,9,11H,2-3,6-8,10H2,1H3,(H2,21,22,23). The molecule has 0 unspecified atom stereocenters. The minimum Gasteiger partial charge on any atom is -0.475 e. The molecule has 10 nitrogen and oxygen atoms in total. The van der Waals surface area contributed by atoms with Gasteiger partial charge in [0.25, 0.3) is 5.91 Å². The molecular weight excluding hydrogens is 390 g/mol. The van der Waals surface area contributed by atoms with Crippen LogP contribution in [0, 0.1) is 0 Å². The second-order valence-corrected chi connectivity index (χ2v) is 6.84. The van der Waals surface area contributed by atoms with Crippen LogP contribution in [0.5, 0.6) is 5.88 Å². The summed E-state index contributed by atoms with van der Waals surface area (Å²) in [7, 11) is 0. The van der Waals surface area contributed by atoms with Crippen LogP contribution in [0.4, 0.5) is 17.2 Å². The Bertz CT molecular complexity index is 1020. The summed E-state index contributed by atoms with van der Waals surface area (Å²) < 4.78 is 10.5. The number of carbonyl (C=O) groups excluding carboxylic acids is 3. The quantitative estimate of drug-likeness (QED) is 0.736. The third kappa shape index (κ3) is 3.51. The molecule has 10 heteroatoms. The Morgan fingerprint density at radius 2 is 2.10 bits per heavy atom. The number of rotatable bonds is 4. The number of amides is 2. The highest BCUT2D eigenvalue weighted by Crippen LogP contribution is 2.33. The van der Waals surface area contributed by atoms with Gasteiger partial charge in [0.1, 0.15) is 30.9 Å². The largest absolute Gasteiger partial charge is 0.475 e. The summed E-state index contributed by atoms with van der Waals surface area (Å²) >= 11 is 0. The molecule has 2 aliphatic rings. The Kier molecular flexibility index (Phi) is 5.21. The fourth-order valence-electron chi connectivity index (χ4n) is 3.63. The van der Waals surface area contributed by atoms with Crippen molar-refractivity contribution in [3.63, 3.8) is 0 Å². The lowest BCUT2D eigenvalue weighted by atomic mass is 10.00. The van der Waals surface area contributed by atoms with Gasteiger partial charge < -0.3 is 25.0 Å². The molecule has 2 N–H and O–H groups in total. The van der Waals surface area contributed by atoms with Gasteiger partial charge in [0, 0.05) is 17.8 Å². The monoisotopic (exact) mass is 411 g/mol. The van der Waals surface area contributed by atoms with Gasteiger partial charge in [-0.15, -0.1) is 0 Å². The van der Waals surface area contributed by atoms with Crippen LogP contribution in [0.25, 0.3) is 0 Å². The van der Waals surface area contributed by atoms with E-state index in [9.17, 15) is 14.4 Å². The number of ether oxygens (including phenoxy) is 2. The summed E-state index contributed by atoms with van der Waals surface area (Å²) in [6.45, 7) is 2.38. The van der Waals surface area contributed by atoms with Crippen molar-refractivity contribution in [3.05, 3.63) is 35.7 Å².